The second kappa shape index (κ2) is 7.97. The van der Waals surface area contributed by atoms with E-state index in [1.165, 1.54) is 12.1 Å². The lowest BCUT2D eigenvalue weighted by molar-refractivity contribution is 0.465. The van der Waals surface area contributed by atoms with Crippen LogP contribution in [0.5, 0.6) is 0 Å². The fourth-order valence-electron chi connectivity index (χ4n) is 2.22. The molecule has 2 aromatic heterocycles. The minimum Gasteiger partial charge on any atom is -0.431 e. The number of halogens is 1. The Bertz CT molecular complexity index is 710. The maximum Gasteiger partial charge on any atom is 0.256 e. The van der Waals surface area contributed by atoms with Gasteiger partial charge >= 0.3 is 0 Å². The maximum absolute atomic E-state index is 12.9. The Hall–Kier alpha value is -2.08. The van der Waals surface area contributed by atoms with Gasteiger partial charge in [-0.3, -0.25) is 4.68 Å². The molecule has 3 aromatic rings. The molecule has 0 unspecified atom stereocenters. The summed E-state index contributed by atoms with van der Waals surface area (Å²) in [6.07, 6.45) is 8.86. The SMILES string of the molecule is Fc1ccc(-c2cnc(SCCCCCn3cccn3)o2)cc1. The zero-order valence-corrected chi connectivity index (χ0v) is 13.5. The van der Waals surface area contributed by atoms with Crippen molar-refractivity contribution < 1.29 is 8.81 Å². The zero-order valence-electron chi connectivity index (χ0n) is 12.7. The van der Waals surface area contributed by atoms with E-state index in [0.717, 1.165) is 37.1 Å². The van der Waals surface area contributed by atoms with Crippen LogP contribution in [0.15, 0.2) is 58.6 Å². The highest BCUT2D eigenvalue weighted by molar-refractivity contribution is 7.99. The van der Waals surface area contributed by atoms with Crippen LogP contribution in [0, 0.1) is 5.82 Å². The molecule has 0 aliphatic heterocycles. The molecule has 0 aliphatic carbocycles. The number of hydrogen-bond donors (Lipinski definition) is 0. The number of nitrogens with zero attached hydrogens (tertiary/aromatic N) is 3. The molecule has 0 atom stereocenters. The molecule has 120 valence electrons. The average molecular weight is 331 g/mol. The van der Waals surface area contributed by atoms with Gasteiger partial charge in [-0.25, -0.2) is 9.37 Å². The molecule has 0 N–H and O–H groups in total. The number of unbranched alkanes of at least 4 members (excludes halogenated alkanes) is 2. The van der Waals surface area contributed by atoms with Crippen molar-refractivity contribution in [2.75, 3.05) is 5.75 Å². The number of benzene rings is 1. The van der Waals surface area contributed by atoms with Crippen molar-refractivity contribution >= 4 is 11.8 Å². The molecule has 1 aromatic carbocycles. The molecule has 0 aliphatic rings. The molecule has 0 spiro atoms. The van der Waals surface area contributed by atoms with Crippen LogP contribution in [0.4, 0.5) is 4.39 Å². The lowest BCUT2D eigenvalue weighted by Gasteiger charge is -2.01. The van der Waals surface area contributed by atoms with E-state index in [4.69, 9.17) is 4.42 Å². The second-order valence-electron chi connectivity index (χ2n) is 5.18. The van der Waals surface area contributed by atoms with Gasteiger partial charge in [-0.2, -0.15) is 5.10 Å². The topological polar surface area (TPSA) is 43.9 Å². The average Bonchev–Trinajstić information content (AvgIpc) is 3.23. The number of aromatic nitrogens is 3. The maximum atomic E-state index is 12.9. The number of rotatable bonds is 8. The van der Waals surface area contributed by atoms with Crippen molar-refractivity contribution in [3.8, 4) is 11.3 Å². The van der Waals surface area contributed by atoms with E-state index in [1.54, 1.807) is 36.3 Å². The standard InChI is InChI=1S/C17H18FN3OS/c18-15-7-5-14(6-8-15)16-13-19-17(22-16)23-12-3-1-2-10-21-11-4-9-20-21/h4-9,11,13H,1-3,10,12H2. The number of oxazole rings is 1. The van der Waals surface area contributed by atoms with Gasteiger partial charge in [0, 0.05) is 30.3 Å². The van der Waals surface area contributed by atoms with Crippen LogP contribution in [0.3, 0.4) is 0 Å². The summed E-state index contributed by atoms with van der Waals surface area (Å²) in [6, 6.07) is 8.17. The van der Waals surface area contributed by atoms with Crippen LogP contribution in [-0.4, -0.2) is 20.5 Å². The van der Waals surface area contributed by atoms with Crippen molar-refractivity contribution in [1.29, 1.82) is 0 Å². The highest BCUT2D eigenvalue weighted by Gasteiger charge is 2.07. The molecule has 0 fully saturated rings. The van der Waals surface area contributed by atoms with E-state index < -0.39 is 0 Å². The van der Waals surface area contributed by atoms with Gasteiger partial charge in [-0.1, -0.05) is 18.2 Å². The fourth-order valence-corrected chi connectivity index (χ4v) is 3.02. The smallest absolute Gasteiger partial charge is 0.256 e. The molecule has 6 heteroatoms. The van der Waals surface area contributed by atoms with Gasteiger partial charge in [0.25, 0.3) is 5.22 Å². The number of hydrogen-bond acceptors (Lipinski definition) is 4. The summed E-state index contributed by atoms with van der Waals surface area (Å²) in [5.74, 6) is 1.40. The number of aryl methyl sites for hydroxylation is 1. The molecular weight excluding hydrogens is 313 g/mol. The minimum absolute atomic E-state index is 0.252. The number of thioether (sulfide) groups is 1. The summed E-state index contributed by atoms with van der Waals surface area (Å²) >= 11 is 1.61. The van der Waals surface area contributed by atoms with E-state index in [9.17, 15) is 4.39 Å². The Kier molecular flexibility index (Phi) is 5.47. The third-order valence-corrected chi connectivity index (χ3v) is 4.36. The van der Waals surface area contributed by atoms with Gasteiger partial charge < -0.3 is 4.42 Å². The third kappa shape index (κ3) is 4.69. The van der Waals surface area contributed by atoms with Crippen molar-refractivity contribution in [3.63, 3.8) is 0 Å². The van der Waals surface area contributed by atoms with E-state index in [1.807, 2.05) is 16.9 Å². The van der Waals surface area contributed by atoms with Crippen LogP contribution >= 0.6 is 11.8 Å². The van der Waals surface area contributed by atoms with Crippen LogP contribution in [-0.2, 0) is 6.54 Å². The van der Waals surface area contributed by atoms with Crippen LogP contribution in [0.1, 0.15) is 19.3 Å². The minimum atomic E-state index is -0.252. The van der Waals surface area contributed by atoms with E-state index >= 15 is 0 Å². The van der Waals surface area contributed by atoms with Gasteiger partial charge in [0.1, 0.15) is 5.82 Å². The highest BCUT2D eigenvalue weighted by Crippen LogP contribution is 2.26. The van der Waals surface area contributed by atoms with Gasteiger partial charge in [0.15, 0.2) is 5.76 Å². The molecule has 0 bridgehead atoms. The Labute approximate surface area is 138 Å². The molecule has 0 radical (unpaired) electrons. The predicted octanol–water partition coefficient (Wildman–Crippen LogP) is 4.64. The molecule has 23 heavy (non-hydrogen) atoms. The summed E-state index contributed by atoms with van der Waals surface area (Å²) in [6.45, 7) is 0.964. The van der Waals surface area contributed by atoms with Crippen molar-refractivity contribution in [2.24, 2.45) is 0 Å². The fraction of sp³-hybridized carbons (Fsp3) is 0.294. The van der Waals surface area contributed by atoms with E-state index in [0.29, 0.717) is 11.0 Å². The Morgan fingerprint density at radius 2 is 2.00 bits per heavy atom. The normalized spacial score (nSPS) is 11.0. The Morgan fingerprint density at radius 3 is 2.78 bits per heavy atom. The first-order valence-corrected chi connectivity index (χ1v) is 8.62. The monoisotopic (exact) mass is 331 g/mol. The second-order valence-corrected chi connectivity index (χ2v) is 6.22. The first-order chi connectivity index (χ1) is 11.3. The zero-order chi connectivity index (χ0) is 15.9. The molecule has 4 nitrogen and oxygen atoms in total. The summed E-state index contributed by atoms with van der Waals surface area (Å²) < 4.78 is 20.6. The predicted molar refractivity (Wildman–Crippen MR) is 88.7 cm³/mol. The quantitative estimate of drug-likeness (QED) is 0.445. The van der Waals surface area contributed by atoms with Gasteiger partial charge in [0.2, 0.25) is 0 Å². The lowest BCUT2D eigenvalue weighted by Crippen LogP contribution is -1.98. The molecule has 3 rings (SSSR count). The van der Waals surface area contributed by atoms with Crippen molar-refractivity contribution in [1.82, 2.24) is 14.8 Å². The molecule has 0 saturated heterocycles. The summed E-state index contributed by atoms with van der Waals surface area (Å²) in [5, 5.41) is 4.84. The Balaban J connectivity index is 1.38. The van der Waals surface area contributed by atoms with Crippen LogP contribution in [0.25, 0.3) is 11.3 Å². The summed E-state index contributed by atoms with van der Waals surface area (Å²) in [7, 11) is 0. The molecule has 2 heterocycles. The highest BCUT2D eigenvalue weighted by atomic mass is 32.2. The van der Waals surface area contributed by atoms with Gasteiger partial charge in [-0.05, 0) is 43.2 Å². The largest absolute Gasteiger partial charge is 0.431 e. The van der Waals surface area contributed by atoms with Gasteiger partial charge in [0.05, 0.1) is 6.20 Å². The molecule has 0 saturated carbocycles. The van der Waals surface area contributed by atoms with Crippen molar-refractivity contribution in [3.05, 3.63) is 54.7 Å². The van der Waals surface area contributed by atoms with E-state index in [-0.39, 0.29) is 5.82 Å². The van der Waals surface area contributed by atoms with Crippen molar-refractivity contribution in [2.45, 2.75) is 31.0 Å². The molecular formula is C17H18FN3OS. The first-order valence-electron chi connectivity index (χ1n) is 7.63. The summed E-state index contributed by atoms with van der Waals surface area (Å²) in [5.41, 5.74) is 0.838. The van der Waals surface area contributed by atoms with Crippen LogP contribution < -0.4 is 0 Å². The summed E-state index contributed by atoms with van der Waals surface area (Å²) in [4.78, 5) is 4.26. The van der Waals surface area contributed by atoms with Gasteiger partial charge in [-0.15, -0.1) is 0 Å². The third-order valence-electron chi connectivity index (χ3n) is 3.43. The van der Waals surface area contributed by atoms with E-state index in [2.05, 4.69) is 10.1 Å². The van der Waals surface area contributed by atoms with Crippen LogP contribution in [0.2, 0.25) is 0 Å². The lowest BCUT2D eigenvalue weighted by atomic mass is 10.2. The Morgan fingerprint density at radius 1 is 1.13 bits per heavy atom. The first kappa shape index (κ1) is 15.8. The molecule has 0 amide bonds.